The molecule has 2 N–H and O–H groups in total. The van der Waals surface area contributed by atoms with Gasteiger partial charge in [0.05, 0.1) is 0 Å². The van der Waals surface area contributed by atoms with Crippen molar-refractivity contribution in [2.45, 2.75) is 52.5 Å². The van der Waals surface area contributed by atoms with E-state index in [0.717, 1.165) is 30.4 Å². The SMILES string of the molecule is Cc1ccc(C)c(NC(=O)C(=O)N[C@@H]2CCCC[C@@H]2C)c1. The van der Waals surface area contributed by atoms with E-state index in [1.807, 2.05) is 32.0 Å². The fraction of sp³-hybridized carbons (Fsp3) is 0.529. The molecule has 1 aliphatic rings. The van der Waals surface area contributed by atoms with Crippen LogP contribution in [-0.4, -0.2) is 17.9 Å². The number of carbonyl (C=O) groups excluding carboxylic acids is 2. The van der Waals surface area contributed by atoms with E-state index in [4.69, 9.17) is 0 Å². The monoisotopic (exact) mass is 288 g/mol. The first kappa shape index (κ1) is 15.5. The molecule has 0 heterocycles. The van der Waals surface area contributed by atoms with E-state index in [1.54, 1.807) is 0 Å². The Morgan fingerprint density at radius 3 is 2.52 bits per heavy atom. The first-order valence-corrected chi connectivity index (χ1v) is 7.66. The molecule has 1 saturated carbocycles. The Morgan fingerprint density at radius 1 is 1.10 bits per heavy atom. The molecule has 114 valence electrons. The summed E-state index contributed by atoms with van der Waals surface area (Å²) in [5, 5.41) is 5.58. The van der Waals surface area contributed by atoms with E-state index in [0.29, 0.717) is 11.6 Å². The zero-order valence-corrected chi connectivity index (χ0v) is 13.0. The van der Waals surface area contributed by atoms with E-state index in [2.05, 4.69) is 17.6 Å². The molecule has 1 aliphatic carbocycles. The lowest BCUT2D eigenvalue weighted by molar-refractivity contribution is -0.137. The van der Waals surface area contributed by atoms with Crippen molar-refractivity contribution < 1.29 is 9.59 Å². The van der Waals surface area contributed by atoms with Crippen LogP contribution in [0.25, 0.3) is 0 Å². The molecular weight excluding hydrogens is 264 g/mol. The summed E-state index contributed by atoms with van der Waals surface area (Å²) in [6.07, 6.45) is 4.41. The van der Waals surface area contributed by atoms with Gasteiger partial charge in [-0.3, -0.25) is 9.59 Å². The lowest BCUT2D eigenvalue weighted by Gasteiger charge is -2.29. The third-order valence-corrected chi connectivity index (χ3v) is 4.28. The van der Waals surface area contributed by atoms with Crippen molar-refractivity contribution in [1.82, 2.24) is 5.32 Å². The van der Waals surface area contributed by atoms with Gasteiger partial charge >= 0.3 is 11.8 Å². The van der Waals surface area contributed by atoms with E-state index in [1.165, 1.54) is 6.42 Å². The Balaban J connectivity index is 1.96. The number of rotatable bonds is 2. The molecule has 4 nitrogen and oxygen atoms in total. The van der Waals surface area contributed by atoms with Crippen LogP contribution >= 0.6 is 0 Å². The van der Waals surface area contributed by atoms with Crippen molar-refractivity contribution in [1.29, 1.82) is 0 Å². The lowest BCUT2D eigenvalue weighted by Crippen LogP contribution is -2.45. The average Bonchev–Trinajstić information content (AvgIpc) is 2.45. The van der Waals surface area contributed by atoms with Crippen LogP contribution in [0.3, 0.4) is 0 Å². The third-order valence-electron chi connectivity index (χ3n) is 4.28. The van der Waals surface area contributed by atoms with Crippen molar-refractivity contribution in [3.05, 3.63) is 29.3 Å². The van der Waals surface area contributed by atoms with Gasteiger partial charge in [-0.15, -0.1) is 0 Å². The minimum atomic E-state index is -0.582. The zero-order chi connectivity index (χ0) is 15.4. The topological polar surface area (TPSA) is 58.2 Å². The summed E-state index contributed by atoms with van der Waals surface area (Å²) in [7, 11) is 0. The summed E-state index contributed by atoms with van der Waals surface area (Å²) in [6, 6.07) is 5.92. The van der Waals surface area contributed by atoms with E-state index in [9.17, 15) is 9.59 Å². The summed E-state index contributed by atoms with van der Waals surface area (Å²) >= 11 is 0. The third kappa shape index (κ3) is 4.06. The fourth-order valence-corrected chi connectivity index (χ4v) is 2.81. The highest BCUT2D eigenvalue weighted by atomic mass is 16.2. The van der Waals surface area contributed by atoms with Crippen molar-refractivity contribution in [2.75, 3.05) is 5.32 Å². The molecule has 4 heteroatoms. The van der Waals surface area contributed by atoms with Crippen LogP contribution in [0.15, 0.2) is 18.2 Å². The maximum atomic E-state index is 12.0. The van der Waals surface area contributed by atoms with E-state index in [-0.39, 0.29) is 6.04 Å². The summed E-state index contributed by atoms with van der Waals surface area (Å²) in [5.41, 5.74) is 2.71. The number of aryl methyl sites for hydroxylation is 2. The first-order valence-electron chi connectivity index (χ1n) is 7.66. The molecule has 1 aromatic rings. The number of nitrogens with one attached hydrogen (secondary N) is 2. The molecular formula is C17H24N2O2. The van der Waals surface area contributed by atoms with Gasteiger partial charge < -0.3 is 10.6 Å². The van der Waals surface area contributed by atoms with Crippen LogP contribution in [0.4, 0.5) is 5.69 Å². The Labute approximate surface area is 126 Å². The molecule has 0 bridgehead atoms. The number of hydrogen-bond acceptors (Lipinski definition) is 2. The molecule has 1 fully saturated rings. The predicted molar refractivity (Wildman–Crippen MR) is 84.1 cm³/mol. The molecule has 0 spiro atoms. The van der Waals surface area contributed by atoms with E-state index >= 15 is 0 Å². The number of amides is 2. The standard InChI is InChI=1S/C17H24N2O2/c1-11-8-9-13(3)15(10-11)19-17(21)16(20)18-14-7-5-4-6-12(14)2/h8-10,12,14H,4-7H2,1-3H3,(H,18,20)(H,19,21)/t12-,14+/m0/s1. The van der Waals surface area contributed by atoms with Crippen LogP contribution in [0.2, 0.25) is 0 Å². The molecule has 0 saturated heterocycles. The van der Waals surface area contributed by atoms with Gasteiger partial charge in [0.1, 0.15) is 0 Å². The van der Waals surface area contributed by atoms with Crippen molar-refractivity contribution >= 4 is 17.5 Å². The van der Waals surface area contributed by atoms with Gasteiger partial charge in [-0.1, -0.05) is 31.9 Å². The molecule has 0 aliphatic heterocycles. The number of benzene rings is 1. The highest BCUT2D eigenvalue weighted by molar-refractivity contribution is 6.39. The van der Waals surface area contributed by atoms with Crippen molar-refractivity contribution in [2.24, 2.45) is 5.92 Å². The van der Waals surface area contributed by atoms with E-state index < -0.39 is 11.8 Å². The largest absolute Gasteiger partial charge is 0.345 e. The second kappa shape index (κ2) is 6.74. The molecule has 21 heavy (non-hydrogen) atoms. The number of anilines is 1. The fourth-order valence-electron chi connectivity index (χ4n) is 2.81. The Morgan fingerprint density at radius 2 is 1.81 bits per heavy atom. The minimum Gasteiger partial charge on any atom is -0.345 e. The molecule has 0 radical (unpaired) electrons. The van der Waals surface area contributed by atoms with Crippen molar-refractivity contribution in [3.63, 3.8) is 0 Å². The highest BCUT2D eigenvalue weighted by Crippen LogP contribution is 2.23. The molecule has 1 aromatic carbocycles. The second-order valence-corrected chi connectivity index (χ2v) is 6.11. The minimum absolute atomic E-state index is 0.121. The van der Waals surface area contributed by atoms with Gasteiger partial charge in [0.25, 0.3) is 0 Å². The quantitative estimate of drug-likeness (QED) is 0.822. The first-order chi connectivity index (χ1) is 9.97. The average molecular weight is 288 g/mol. The normalized spacial score (nSPS) is 21.7. The zero-order valence-electron chi connectivity index (χ0n) is 13.0. The molecule has 2 rings (SSSR count). The Hall–Kier alpha value is -1.84. The van der Waals surface area contributed by atoms with Crippen LogP contribution in [-0.2, 0) is 9.59 Å². The number of carbonyl (C=O) groups is 2. The van der Waals surface area contributed by atoms with Crippen LogP contribution in [0.1, 0.15) is 43.7 Å². The lowest BCUT2D eigenvalue weighted by atomic mass is 9.86. The predicted octanol–water partition coefficient (Wildman–Crippen LogP) is 2.94. The van der Waals surface area contributed by atoms with Crippen LogP contribution in [0, 0.1) is 19.8 Å². The summed E-state index contributed by atoms with van der Waals surface area (Å²) in [6.45, 7) is 6.00. The number of hydrogen-bond donors (Lipinski definition) is 2. The maximum Gasteiger partial charge on any atom is 0.313 e. The van der Waals surface area contributed by atoms with Gasteiger partial charge in [-0.05, 0) is 49.8 Å². The second-order valence-electron chi connectivity index (χ2n) is 6.11. The summed E-state index contributed by atoms with van der Waals surface area (Å²) < 4.78 is 0. The maximum absolute atomic E-state index is 12.0. The summed E-state index contributed by atoms with van der Waals surface area (Å²) in [5.74, 6) is -0.674. The van der Waals surface area contributed by atoms with Gasteiger partial charge in [0, 0.05) is 11.7 Å². The Bertz CT molecular complexity index is 540. The Kier molecular flexibility index (Phi) is 4.99. The van der Waals surface area contributed by atoms with Crippen LogP contribution < -0.4 is 10.6 Å². The van der Waals surface area contributed by atoms with Gasteiger partial charge in [-0.25, -0.2) is 0 Å². The molecule has 0 aromatic heterocycles. The molecule has 2 atom stereocenters. The van der Waals surface area contributed by atoms with Gasteiger partial charge in [-0.2, -0.15) is 0 Å². The smallest absolute Gasteiger partial charge is 0.313 e. The van der Waals surface area contributed by atoms with Gasteiger partial charge in [0.2, 0.25) is 0 Å². The van der Waals surface area contributed by atoms with Crippen molar-refractivity contribution in [3.8, 4) is 0 Å². The highest BCUT2D eigenvalue weighted by Gasteiger charge is 2.25. The van der Waals surface area contributed by atoms with Gasteiger partial charge in [0.15, 0.2) is 0 Å². The summed E-state index contributed by atoms with van der Waals surface area (Å²) in [4.78, 5) is 24.1. The van der Waals surface area contributed by atoms with Crippen LogP contribution in [0.5, 0.6) is 0 Å². The molecule has 0 unspecified atom stereocenters. The molecule has 2 amide bonds.